The van der Waals surface area contributed by atoms with Crippen LogP contribution in [-0.2, 0) is 0 Å². The van der Waals surface area contributed by atoms with E-state index in [2.05, 4.69) is 10.3 Å². The van der Waals surface area contributed by atoms with Gasteiger partial charge in [-0.15, -0.1) is 0 Å². The number of amides is 2. The monoisotopic (exact) mass is 320 g/mol. The van der Waals surface area contributed by atoms with Gasteiger partial charge in [0.2, 0.25) is 0 Å². The Morgan fingerprint density at radius 1 is 1.00 bits per heavy atom. The van der Waals surface area contributed by atoms with Crippen molar-refractivity contribution in [1.82, 2.24) is 9.88 Å². The summed E-state index contributed by atoms with van der Waals surface area (Å²) in [5.41, 5.74) is 1.34. The first-order valence-electron chi connectivity index (χ1n) is 7.77. The highest BCUT2D eigenvalue weighted by Gasteiger charge is 2.34. The van der Waals surface area contributed by atoms with Gasteiger partial charge in [0.05, 0.1) is 11.1 Å². The molecule has 0 spiro atoms. The van der Waals surface area contributed by atoms with Crippen LogP contribution in [0.5, 0.6) is 0 Å². The number of imide groups is 1. The summed E-state index contributed by atoms with van der Waals surface area (Å²) in [7, 11) is 0. The Labute approximate surface area is 139 Å². The molecule has 1 aliphatic rings. The molecule has 2 heterocycles. The fourth-order valence-electron chi connectivity index (χ4n) is 2.65. The lowest BCUT2D eigenvalue weighted by atomic mass is 10.1. The average Bonchev–Trinajstić information content (AvgIpc) is 2.86. The molecule has 0 unspecified atom stereocenters. The minimum atomic E-state index is -0.216. The first-order valence-corrected chi connectivity index (χ1v) is 7.77. The van der Waals surface area contributed by atoms with E-state index >= 15 is 0 Å². The highest BCUT2D eigenvalue weighted by Crippen LogP contribution is 2.22. The number of benzene rings is 1. The number of carbonyl (C=O) groups excluding carboxylic acids is 2. The lowest BCUT2D eigenvalue weighted by molar-refractivity contribution is 0.0652. The first-order chi connectivity index (χ1) is 11.7. The number of unbranched alkanes of at least 4 members (excludes halogenated alkanes) is 1. The standard InChI is InChI=1S/C18H16N4O2/c19-12-13-6-5-9-16(21-13)20-10-3-4-11-22-17(23)14-7-1-2-8-15(14)18(22)24/h1-2,5-9H,3-4,10-11H2,(H,20,21). The van der Waals surface area contributed by atoms with E-state index in [0.29, 0.717) is 42.1 Å². The SMILES string of the molecule is N#Cc1cccc(NCCCCN2C(=O)c3ccccc3C2=O)n1. The predicted octanol–water partition coefficient (Wildman–Crippen LogP) is 2.44. The predicted molar refractivity (Wildman–Crippen MR) is 88.5 cm³/mol. The number of nitrogens with one attached hydrogen (secondary N) is 1. The third-order valence-corrected chi connectivity index (χ3v) is 3.86. The van der Waals surface area contributed by atoms with Gasteiger partial charge in [-0.3, -0.25) is 14.5 Å². The molecule has 6 nitrogen and oxygen atoms in total. The van der Waals surface area contributed by atoms with Crippen LogP contribution in [0.1, 0.15) is 39.3 Å². The maximum atomic E-state index is 12.2. The van der Waals surface area contributed by atoms with Gasteiger partial charge in [-0.05, 0) is 37.1 Å². The van der Waals surface area contributed by atoms with Gasteiger partial charge in [-0.25, -0.2) is 4.98 Å². The molecular formula is C18H16N4O2. The van der Waals surface area contributed by atoms with Crippen LogP contribution in [0.3, 0.4) is 0 Å². The third-order valence-electron chi connectivity index (χ3n) is 3.86. The van der Waals surface area contributed by atoms with Gasteiger partial charge in [-0.1, -0.05) is 18.2 Å². The number of fused-ring (bicyclic) bond motifs is 1. The summed E-state index contributed by atoms with van der Waals surface area (Å²) in [6.45, 7) is 1.06. The van der Waals surface area contributed by atoms with Crippen LogP contribution >= 0.6 is 0 Å². The molecule has 2 aromatic rings. The van der Waals surface area contributed by atoms with Crippen molar-refractivity contribution in [2.75, 3.05) is 18.4 Å². The van der Waals surface area contributed by atoms with Crippen molar-refractivity contribution in [2.24, 2.45) is 0 Å². The Kier molecular flexibility index (Phi) is 4.52. The van der Waals surface area contributed by atoms with Crippen molar-refractivity contribution in [3.8, 4) is 6.07 Å². The maximum absolute atomic E-state index is 12.2. The zero-order valence-corrected chi connectivity index (χ0v) is 13.0. The number of nitriles is 1. The van der Waals surface area contributed by atoms with Gasteiger partial charge >= 0.3 is 0 Å². The topological polar surface area (TPSA) is 86.1 Å². The van der Waals surface area contributed by atoms with Crippen molar-refractivity contribution < 1.29 is 9.59 Å². The summed E-state index contributed by atoms with van der Waals surface area (Å²) in [6.07, 6.45) is 1.49. The zero-order valence-electron chi connectivity index (χ0n) is 13.0. The fourth-order valence-corrected chi connectivity index (χ4v) is 2.65. The van der Waals surface area contributed by atoms with E-state index in [1.165, 1.54) is 4.90 Å². The van der Waals surface area contributed by atoms with Gasteiger partial charge < -0.3 is 5.32 Å². The first kappa shape index (κ1) is 15.7. The summed E-state index contributed by atoms with van der Waals surface area (Å²) in [5.74, 6) is 0.216. The Morgan fingerprint density at radius 3 is 2.38 bits per heavy atom. The second-order valence-electron chi connectivity index (χ2n) is 5.46. The van der Waals surface area contributed by atoms with Crippen LogP contribution < -0.4 is 5.32 Å². The van der Waals surface area contributed by atoms with E-state index < -0.39 is 0 Å². The molecule has 0 saturated carbocycles. The highest BCUT2D eigenvalue weighted by molar-refractivity contribution is 6.21. The minimum Gasteiger partial charge on any atom is -0.370 e. The second-order valence-corrected chi connectivity index (χ2v) is 5.46. The van der Waals surface area contributed by atoms with Crippen LogP contribution in [0.15, 0.2) is 42.5 Å². The Hall–Kier alpha value is -3.20. The third kappa shape index (κ3) is 3.10. The zero-order chi connectivity index (χ0) is 16.9. The molecule has 120 valence electrons. The summed E-state index contributed by atoms with van der Waals surface area (Å²) < 4.78 is 0. The van der Waals surface area contributed by atoms with E-state index in [0.717, 1.165) is 6.42 Å². The Morgan fingerprint density at radius 2 is 1.71 bits per heavy atom. The number of nitrogens with zero attached hydrogens (tertiary/aromatic N) is 3. The largest absolute Gasteiger partial charge is 0.370 e. The van der Waals surface area contributed by atoms with Crippen molar-refractivity contribution in [1.29, 1.82) is 5.26 Å². The average molecular weight is 320 g/mol. The maximum Gasteiger partial charge on any atom is 0.261 e. The summed E-state index contributed by atoms with van der Waals surface area (Å²) in [5, 5.41) is 11.9. The molecular weight excluding hydrogens is 304 g/mol. The Bertz CT molecular complexity index is 791. The van der Waals surface area contributed by atoms with Crippen LogP contribution in [0.25, 0.3) is 0 Å². The highest BCUT2D eigenvalue weighted by atomic mass is 16.2. The molecule has 3 rings (SSSR count). The van der Waals surface area contributed by atoms with Crippen molar-refractivity contribution in [3.05, 3.63) is 59.3 Å². The quantitative estimate of drug-likeness (QED) is 0.652. The smallest absolute Gasteiger partial charge is 0.261 e. The molecule has 0 saturated heterocycles. The molecule has 0 fully saturated rings. The van der Waals surface area contributed by atoms with E-state index in [9.17, 15) is 9.59 Å². The molecule has 1 aliphatic heterocycles. The van der Waals surface area contributed by atoms with Crippen LogP contribution in [0.2, 0.25) is 0 Å². The van der Waals surface area contributed by atoms with Crippen molar-refractivity contribution in [2.45, 2.75) is 12.8 Å². The number of rotatable bonds is 6. The van der Waals surface area contributed by atoms with Gasteiger partial charge in [-0.2, -0.15) is 5.26 Å². The number of hydrogen-bond donors (Lipinski definition) is 1. The molecule has 1 N–H and O–H groups in total. The van der Waals surface area contributed by atoms with Crippen LogP contribution in [0, 0.1) is 11.3 Å². The molecule has 0 atom stereocenters. The molecule has 0 aliphatic carbocycles. The molecule has 1 aromatic heterocycles. The summed E-state index contributed by atoms with van der Waals surface area (Å²) >= 11 is 0. The second kappa shape index (κ2) is 6.92. The molecule has 6 heteroatoms. The Balaban J connectivity index is 1.47. The van der Waals surface area contributed by atoms with E-state index in [4.69, 9.17) is 5.26 Å². The summed E-state index contributed by atoms with van der Waals surface area (Å²) in [4.78, 5) is 29.9. The molecule has 0 radical (unpaired) electrons. The molecule has 1 aromatic carbocycles. The van der Waals surface area contributed by atoms with Crippen molar-refractivity contribution >= 4 is 17.6 Å². The van der Waals surface area contributed by atoms with E-state index in [-0.39, 0.29) is 11.8 Å². The fraction of sp³-hybridized carbons (Fsp3) is 0.222. The molecule has 2 amide bonds. The number of pyridine rings is 1. The van der Waals surface area contributed by atoms with Crippen molar-refractivity contribution in [3.63, 3.8) is 0 Å². The lowest BCUT2D eigenvalue weighted by Crippen LogP contribution is -2.30. The van der Waals surface area contributed by atoms with Gasteiger partial charge in [0.15, 0.2) is 0 Å². The molecule has 0 bridgehead atoms. The number of hydrogen-bond acceptors (Lipinski definition) is 5. The number of aromatic nitrogens is 1. The van der Waals surface area contributed by atoms with Crippen LogP contribution in [0.4, 0.5) is 5.82 Å². The van der Waals surface area contributed by atoms with E-state index in [1.807, 2.05) is 6.07 Å². The minimum absolute atomic E-state index is 0.216. The van der Waals surface area contributed by atoms with E-state index in [1.54, 1.807) is 42.5 Å². The number of carbonyl (C=O) groups is 2. The number of anilines is 1. The van der Waals surface area contributed by atoms with Gasteiger partial charge in [0.25, 0.3) is 11.8 Å². The summed E-state index contributed by atoms with van der Waals surface area (Å²) in [6, 6.07) is 14.1. The lowest BCUT2D eigenvalue weighted by Gasteiger charge is -2.13. The van der Waals surface area contributed by atoms with Crippen LogP contribution in [-0.4, -0.2) is 34.8 Å². The normalized spacial score (nSPS) is 12.9. The van der Waals surface area contributed by atoms with Gasteiger partial charge in [0.1, 0.15) is 17.6 Å². The van der Waals surface area contributed by atoms with Gasteiger partial charge in [0, 0.05) is 13.1 Å². The molecule has 24 heavy (non-hydrogen) atoms.